The number of nitrogens with one attached hydrogen (secondary N) is 1. The lowest BCUT2D eigenvalue weighted by molar-refractivity contribution is -0.129. The summed E-state index contributed by atoms with van der Waals surface area (Å²) in [6, 6.07) is 10.7. The molecule has 3 amide bonds. The summed E-state index contributed by atoms with van der Waals surface area (Å²) >= 11 is 5.57. The van der Waals surface area contributed by atoms with Crippen LogP contribution in [0.3, 0.4) is 0 Å². The molecule has 3 rings (SSSR count). The van der Waals surface area contributed by atoms with Crippen molar-refractivity contribution < 1.29 is 18.8 Å². The maximum absolute atomic E-state index is 14.4. The van der Waals surface area contributed by atoms with Gasteiger partial charge in [-0.25, -0.2) is 4.39 Å². The highest BCUT2D eigenvalue weighted by molar-refractivity contribution is 6.27. The summed E-state index contributed by atoms with van der Waals surface area (Å²) < 4.78 is 14.4. The zero-order valence-corrected chi connectivity index (χ0v) is 19.5. The monoisotopic (exact) mass is 490 g/mol. The van der Waals surface area contributed by atoms with Gasteiger partial charge in [0, 0.05) is 49.4 Å². The van der Waals surface area contributed by atoms with E-state index in [1.165, 1.54) is 23.1 Å². The van der Waals surface area contributed by atoms with Crippen molar-refractivity contribution in [2.75, 3.05) is 32.1 Å². The number of nitrogens with two attached hydrogens (primary N) is 1. The quantitative estimate of drug-likeness (QED) is 0.476. The number of hydrogen-bond acceptors (Lipinski definition) is 4. The van der Waals surface area contributed by atoms with Crippen LogP contribution in [0.4, 0.5) is 4.39 Å². The van der Waals surface area contributed by atoms with Gasteiger partial charge in [-0.15, -0.1) is 11.6 Å². The average molecular weight is 491 g/mol. The minimum atomic E-state index is -0.655. The molecule has 1 heterocycles. The van der Waals surface area contributed by atoms with Crippen molar-refractivity contribution in [1.82, 2.24) is 9.80 Å². The minimum absolute atomic E-state index is 0. The minimum Gasteiger partial charge on any atom is -0.366 e. The van der Waals surface area contributed by atoms with Gasteiger partial charge >= 0.3 is 0 Å². The molecule has 184 valence electrons. The Labute approximate surface area is 205 Å². The van der Waals surface area contributed by atoms with Gasteiger partial charge in [0.05, 0.1) is 5.56 Å². The normalized spacial score (nSPS) is 12.7. The lowest BCUT2D eigenvalue weighted by Gasteiger charge is -2.34. The Hall–Kier alpha value is -3.26. The number of alkyl halides is 1. The molecular weight excluding hydrogens is 459 g/mol. The van der Waals surface area contributed by atoms with Crippen LogP contribution in [0.15, 0.2) is 42.5 Å². The number of benzene rings is 2. The molecule has 7 nitrogen and oxygen atoms in total. The zero-order chi connectivity index (χ0) is 24.5. The van der Waals surface area contributed by atoms with Crippen LogP contribution in [0.5, 0.6) is 0 Å². The summed E-state index contributed by atoms with van der Waals surface area (Å²) in [7, 11) is 0. The molecular formula is C25H32ClFN4O3. The van der Waals surface area contributed by atoms with E-state index in [4.69, 9.17) is 22.7 Å². The number of rotatable bonds is 6. The topological polar surface area (TPSA) is 108 Å². The van der Waals surface area contributed by atoms with Crippen molar-refractivity contribution in [2.24, 2.45) is 5.73 Å². The Morgan fingerprint density at radius 1 is 0.971 bits per heavy atom. The van der Waals surface area contributed by atoms with E-state index in [-0.39, 0.29) is 55.6 Å². The molecule has 2 aromatic carbocycles. The third-order valence-corrected chi connectivity index (χ3v) is 5.42. The molecule has 34 heavy (non-hydrogen) atoms. The summed E-state index contributed by atoms with van der Waals surface area (Å²) in [4.78, 5) is 39.2. The molecule has 1 aliphatic rings. The number of carbonyl (C=O) groups excluding carboxylic acids is 3. The Bertz CT molecular complexity index is 1040. The summed E-state index contributed by atoms with van der Waals surface area (Å²) in [5.74, 6) is -2.08. The number of halogens is 2. The van der Waals surface area contributed by atoms with Gasteiger partial charge in [-0.05, 0) is 23.8 Å². The number of piperazine rings is 1. The molecule has 0 bridgehead atoms. The number of nitrogens with zero attached hydrogens (tertiary/aromatic N) is 2. The molecule has 0 radical (unpaired) electrons. The lowest BCUT2D eigenvalue weighted by atomic mass is 9.96. The van der Waals surface area contributed by atoms with Gasteiger partial charge in [-0.3, -0.25) is 14.4 Å². The largest absolute Gasteiger partial charge is 0.366 e. The predicted octanol–water partition coefficient (Wildman–Crippen LogP) is 3.72. The molecule has 2 aromatic rings. The predicted molar refractivity (Wildman–Crippen MR) is 133 cm³/mol. The molecule has 0 atom stereocenters. The van der Waals surface area contributed by atoms with Gasteiger partial charge in [0.25, 0.3) is 5.91 Å². The fourth-order valence-corrected chi connectivity index (χ4v) is 3.69. The van der Waals surface area contributed by atoms with E-state index in [1.54, 1.807) is 29.2 Å². The number of carbonyl (C=O) groups is 3. The van der Waals surface area contributed by atoms with Gasteiger partial charge in [0.1, 0.15) is 11.7 Å². The van der Waals surface area contributed by atoms with Crippen LogP contribution in [0.2, 0.25) is 0 Å². The van der Waals surface area contributed by atoms with E-state index >= 15 is 0 Å². The van der Waals surface area contributed by atoms with E-state index in [0.717, 1.165) is 0 Å². The molecule has 0 aromatic heterocycles. The van der Waals surface area contributed by atoms with Crippen LogP contribution in [-0.2, 0) is 11.2 Å². The van der Waals surface area contributed by atoms with E-state index in [1.807, 2.05) is 13.8 Å². The maximum Gasteiger partial charge on any atom is 0.256 e. The maximum atomic E-state index is 14.4. The lowest BCUT2D eigenvalue weighted by Crippen LogP contribution is -2.51. The van der Waals surface area contributed by atoms with Crippen molar-refractivity contribution in [3.8, 4) is 0 Å². The second-order valence-corrected chi connectivity index (χ2v) is 7.45. The first-order chi connectivity index (χ1) is 15.8. The van der Waals surface area contributed by atoms with Crippen LogP contribution in [0.1, 0.15) is 53.1 Å². The van der Waals surface area contributed by atoms with Crippen molar-refractivity contribution >= 4 is 35.0 Å². The number of hydrogen-bond donors (Lipinski definition) is 2. The van der Waals surface area contributed by atoms with Crippen molar-refractivity contribution in [3.05, 3.63) is 70.5 Å². The Kier molecular flexibility index (Phi) is 11.4. The third kappa shape index (κ3) is 6.87. The standard InChI is InChI=1S/C22H22ClFN4O3.C2H6.CH4/c23-13-20(29)27-7-9-28(10-8-27)22(31)17-11-14(5-6-18(17)24)12-19(25)15-3-1-2-4-16(15)21(26)30;1-2;/h1-6,11,25H,7-10,12-13H2,(H2,26,30);1-2H3;1H4. The zero-order valence-electron chi connectivity index (χ0n) is 18.7. The van der Waals surface area contributed by atoms with E-state index in [9.17, 15) is 18.8 Å². The first-order valence-electron chi connectivity index (χ1n) is 10.7. The van der Waals surface area contributed by atoms with Gasteiger partial charge in [0.2, 0.25) is 11.8 Å². The van der Waals surface area contributed by atoms with E-state index < -0.39 is 17.6 Å². The SMILES string of the molecule is C.CC.N=C(Cc1ccc(F)c(C(=O)N2CCN(C(=O)CCl)CC2)c1)c1ccccc1C(N)=O. The summed E-state index contributed by atoms with van der Waals surface area (Å²) in [5.41, 5.74) is 6.61. The first kappa shape index (κ1) is 28.8. The first-order valence-corrected chi connectivity index (χ1v) is 11.2. The Morgan fingerprint density at radius 3 is 2.09 bits per heavy atom. The van der Waals surface area contributed by atoms with Crippen LogP contribution >= 0.6 is 11.6 Å². The van der Waals surface area contributed by atoms with Gasteiger partial charge in [0.15, 0.2) is 0 Å². The Morgan fingerprint density at radius 2 is 1.53 bits per heavy atom. The smallest absolute Gasteiger partial charge is 0.256 e. The van der Waals surface area contributed by atoms with Crippen LogP contribution in [0, 0.1) is 11.2 Å². The highest BCUT2D eigenvalue weighted by Gasteiger charge is 2.26. The van der Waals surface area contributed by atoms with Gasteiger partial charge in [-0.1, -0.05) is 45.5 Å². The van der Waals surface area contributed by atoms with E-state index in [0.29, 0.717) is 24.2 Å². The molecule has 0 spiro atoms. The van der Waals surface area contributed by atoms with E-state index in [2.05, 4.69) is 0 Å². The van der Waals surface area contributed by atoms with Crippen LogP contribution in [0.25, 0.3) is 0 Å². The number of amides is 3. The van der Waals surface area contributed by atoms with Crippen LogP contribution < -0.4 is 5.73 Å². The number of primary amides is 1. The fourth-order valence-electron chi connectivity index (χ4n) is 3.52. The van der Waals surface area contributed by atoms with Crippen molar-refractivity contribution in [3.63, 3.8) is 0 Å². The second kappa shape index (κ2) is 13.4. The summed E-state index contributed by atoms with van der Waals surface area (Å²) in [5, 5.41) is 8.36. The van der Waals surface area contributed by atoms with Crippen molar-refractivity contribution in [2.45, 2.75) is 27.7 Å². The van der Waals surface area contributed by atoms with Gasteiger partial charge in [-0.2, -0.15) is 0 Å². The molecule has 0 unspecified atom stereocenters. The Balaban J connectivity index is 0.00000188. The van der Waals surface area contributed by atoms with Crippen molar-refractivity contribution in [1.29, 1.82) is 5.41 Å². The van der Waals surface area contributed by atoms with Crippen LogP contribution in [-0.4, -0.2) is 65.3 Å². The molecule has 1 fully saturated rings. The third-order valence-electron chi connectivity index (χ3n) is 5.19. The molecule has 1 aliphatic heterocycles. The highest BCUT2D eigenvalue weighted by atomic mass is 35.5. The average Bonchev–Trinajstić information content (AvgIpc) is 2.85. The fraction of sp³-hybridized carbons (Fsp3) is 0.360. The molecule has 1 saturated heterocycles. The molecule has 0 aliphatic carbocycles. The highest BCUT2D eigenvalue weighted by Crippen LogP contribution is 2.18. The molecule has 0 saturated carbocycles. The summed E-state index contributed by atoms with van der Waals surface area (Å²) in [6.45, 7) is 5.25. The van der Waals surface area contributed by atoms with Gasteiger partial charge < -0.3 is 20.9 Å². The molecule has 3 N–H and O–H groups in total. The second-order valence-electron chi connectivity index (χ2n) is 7.19. The summed E-state index contributed by atoms with van der Waals surface area (Å²) in [6.07, 6.45) is 0.100. The molecule has 9 heteroatoms.